The topological polar surface area (TPSA) is 62.2 Å². The lowest BCUT2D eigenvalue weighted by molar-refractivity contribution is 0.0762. The quantitative estimate of drug-likeness (QED) is 0.841. The van der Waals surface area contributed by atoms with Gasteiger partial charge in [0.15, 0.2) is 0 Å². The Bertz CT molecular complexity index is 711. The predicted molar refractivity (Wildman–Crippen MR) is 88.6 cm³/mol. The minimum Gasteiger partial charge on any atom is -0.362 e. The van der Waals surface area contributed by atoms with Gasteiger partial charge in [0, 0.05) is 51.1 Å². The van der Waals surface area contributed by atoms with Crippen molar-refractivity contribution in [1.29, 1.82) is 0 Å². The third-order valence-corrected chi connectivity index (χ3v) is 4.13. The van der Waals surface area contributed by atoms with Crippen LogP contribution in [0.2, 0.25) is 0 Å². The maximum absolute atomic E-state index is 12.7. The highest BCUT2D eigenvalue weighted by Gasteiger charge is 2.23. The second-order valence-electron chi connectivity index (χ2n) is 6.00. The lowest BCUT2D eigenvalue weighted by Crippen LogP contribution is -2.33. The molecule has 0 bridgehead atoms. The number of pyridine rings is 1. The van der Waals surface area contributed by atoms with Crippen molar-refractivity contribution in [2.45, 2.75) is 19.8 Å². The molecule has 3 heterocycles. The predicted octanol–water partition coefficient (Wildman–Crippen LogP) is 1.49. The number of rotatable bonds is 2. The number of fused-ring (bicyclic) bond motifs is 1. The van der Waals surface area contributed by atoms with Crippen LogP contribution in [0, 0.1) is 6.92 Å². The molecular formula is C17H21N5O. The van der Waals surface area contributed by atoms with Gasteiger partial charge in [-0.3, -0.25) is 9.78 Å². The molecule has 0 atom stereocenters. The van der Waals surface area contributed by atoms with Crippen LogP contribution in [0.5, 0.6) is 0 Å². The fourth-order valence-corrected chi connectivity index (χ4v) is 2.87. The van der Waals surface area contributed by atoms with E-state index in [1.54, 1.807) is 12.5 Å². The van der Waals surface area contributed by atoms with Crippen molar-refractivity contribution in [3.05, 3.63) is 47.2 Å². The average molecular weight is 311 g/mol. The van der Waals surface area contributed by atoms with E-state index in [0.29, 0.717) is 18.7 Å². The summed E-state index contributed by atoms with van der Waals surface area (Å²) in [6.45, 7) is 3.26. The highest BCUT2D eigenvalue weighted by atomic mass is 16.2. The number of aromatic nitrogens is 3. The number of carbonyl (C=O) groups excluding carboxylic acids is 1. The SMILES string of the molecule is Cc1ccc(C(=O)N2CCc3ncnc(N(C)C)c3CC2)cn1. The second kappa shape index (κ2) is 6.32. The van der Waals surface area contributed by atoms with Crippen LogP contribution in [0.15, 0.2) is 24.7 Å². The van der Waals surface area contributed by atoms with Crippen LogP contribution in [0.1, 0.15) is 27.3 Å². The third kappa shape index (κ3) is 3.16. The minimum atomic E-state index is 0.0321. The summed E-state index contributed by atoms with van der Waals surface area (Å²) in [6.07, 6.45) is 4.79. The van der Waals surface area contributed by atoms with Gasteiger partial charge in [-0.2, -0.15) is 0 Å². The Morgan fingerprint density at radius 2 is 1.91 bits per heavy atom. The fraction of sp³-hybridized carbons (Fsp3) is 0.412. The smallest absolute Gasteiger partial charge is 0.255 e. The molecule has 0 fully saturated rings. The molecule has 0 aromatic carbocycles. The van der Waals surface area contributed by atoms with Crippen LogP contribution < -0.4 is 4.90 Å². The monoisotopic (exact) mass is 311 g/mol. The third-order valence-electron chi connectivity index (χ3n) is 4.13. The van der Waals surface area contributed by atoms with Crippen molar-refractivity contribution in [2.24, 2.45) is 0 Å². The Balaban J connectivity index is 1.81. The Hall–Kier alpha value is -2.50. The number of hydrogen-bond donors (Lipinski definition) is 0. The zero-order chi connectivity index (χ0) is 16.4. The fourth-order valence-electron chi connectivity index (χ4n) is 2.87. The summed E-state index contributed by atoms with van der Waals surface area (Å²) in [5.74, 6) is 0.978. The van der Waals surface area contributed by atoms with Gasteiger partial charge in [-0.1, -0.05) is 0 Å². The van der Waals surface area contributed by atoms with E-state index in [2.05, 4.69) is 15.0 Å². The first-order valence-corrected chi connectivity index (χ1v) is 7.78. The van der Waals surface area contributed by atoms with Crippen molar-refractivity contribution in [3.8, 4) is 0 Å². The molecule has 1 aliphatic heterocycles. The number of nitrogens with zero attached hydrogens (tertiary/aromatic N) is 5. The normalized spacial score (nSPS) is 14.1. The largest absolute Gasteiger partial charge is 0.362 e. The lowest BCUT2D eigenvalue weighted by atomic mass is 10.1. The van der Waals surface area contributed by atoms with Crippen molar-refractivity contribution in [3.63, 3.8) is 0 Å². The highest BCUT2D eigenvalue weighted by molar-refractivity contribution is 5.94. The number of aryl methyl sites for hydroxylation is 1. The molecule has 2 aromatic heterocycles. The van der Waals surface area contributed by atoms with Gasteiger partial charge in [-0.25, -0.2) is 9.97 Å². The Labute approximate surface area is 136 Å². The number of anilines is 1. The number of hydrogen-bond acceptors (Lipinski definition) is 5. The van der Waals surface area contributed by atoms with E-state index in [-0.39, 0.29) is 5.91 Å². The summed E-state index contributed by atoms with van der Waals surface area (Å²) in [5.41, 5.74) is 3.74. The standard InChI is InChI=1S/C17H21N5O/c1-12-4-5-13(10-18-12)17(23)22-8-6-14-15(7-9-22)19-11-20-16(14)21(2)3/h4-5,10-11H,6-9H2,1-3H3. The highest BCUT2D eigenvalue weighted by Crippen LogP contribution is 2.22. The van der Waals surface area contributed by atoms with E-state index in [9.17, 15) is 4.79 Å². The number of carbonyl (C=O) groups is 1. The number of amides is 1. The van der Waals surface area contributed by atoms with Gasteiger partial charge in [0.25, 0.3) is 5.91 Å². The Morgan fingerprint density at radius 1 is 1.13 bits per heavy atom. The van der Waals surface area contributed by atoms with E-state index >= 15 is 0 Å². The first kappa shape index (κ1) is 15.4. The Kier molecular flexibility index (Phi) is 4.23. The molecule has 0 radical (unpaired) electrons. The van der Waals surface area contributed by atoms with Gasteiger partial charge in [0.2, 0.25) is 0 Å². The lowest BCUT2D eigenvalue weighted by Gasteiger charge is -2.20. The molecule has 0 saturated heterocycles. The van der Waals surface area contributed by atoms with Crippen molar-refractivity contribution >= 4 is 11.7 Å². The first-order valence-electron chi connectivity index (χ1n) is 7.78. The maximum Gasteiger partial charge on any atom is 0.255 e. The zero-order valence-electron chi connectivity index (χ0n) is 13.8. The van der Waals surface area contributed by atoms with Gasteiger partial charge in [-0.05, 0) is 25.5 Å². The molecular weight excluding hydrogens is 290 g/mol. The van der Waals surface area contributed by atoms with E-state index < -0.39 is 0 Å². The summed E-state index contributed by atoms with van der Waals surface area (Å²) in [6, 6.07) is 3.71. The molecule has 3 rings (SSSR count). The van der Waals surface area contributed by atoms with Crippen LogP contribution in [0.4, 0.5) is 5.82 Å². The summed E-state index contributed by atoms with van der Waals surface area (Å²) in [7, 11) is 3.96. The summed E-state index contributed by atoms with van der Waals surface area (Å²) >= 11 is 0. The molecule has 120 valence electrons. The molecule has 0 N–H and O–H groups in total. The molecule has 2 aromatic rings. The molecule has 1 amide bonds. The maximum atomic E-state index is 12.7. The van der Waals surface area contributed by atoms with Crippen molar-refractivity contribution in [1.82, 2.24) is 19.9 Å². The summed E-state index contributed by atoms with van der Waals surface area (Å²) in [5, 5.41) is 0. The first-order chi connectivity index (χ1) is 11.1. The van der Waals surface area contributed by atoms with Gasteiger partial charge < -0.3 is 9.80 Å². The van der Waals surface area contributed by atoms with Crippen LogP contribution in [0.3, 0.4) is 0 Å². The van der Waals surface area contributed by atoms with Crippen LogP contribution in [0.25, 0.3) is 0 Å². The van der Waals surface area contributed by atoms with E-state index in [0.717, 1.165) is 35.6 Å². The van der Waals surface area contributed by atoms with E-state index in [1.165, 1.54) is 0 Å². The minimum absolute atomic E-state index is 0.0321. The van der Waals surface area contributed by atoms with Crippen LogP contribution in [-0.4, -0.2) is 52.9 Å². The van der Waals surface area contributed by atoms with Crippen LogP contribution in [-0.2, 0) is 12.8 Å². The average Bonchev–Trinajstić information content (AvgIpc) is 2.77. The molecule has 0 aliphatic carbocycles. The molecule has 0 unspecified atom stereocenters. The summed E-state index contributed by atoms with van der Waals surface area (Å²) in [4.78, 5) is 29.6. The van der Waals surface area contributed by atoms with Gasteiger partial charge in [0.1, 0.15) is 12.1 Å². The van der Waals surface area contributed by atoms with Gasteiger partial charge >= 0.3 is 0 Å². The van der Waals surface area contributed by atoms with Crippen LogP contribution >= 0.6 is 0 Å². The van der Waals surface area contributed by atoms with Crippen molar-refractivity contribution in [2.75, 3.05) is 32.1 Å². The molecule has 1 aliphatic rings. The Morgan fingerprint density at radius 3 is 2.61 bits per heavy atom. The molecule has 0 spiro atoms. The van der Waals surface area contributed by atoms with Crippen molar-refractivity contribution < 1.29 is 4.79 Å². The summed E-state index contributed by atoms with van der Waals surface area (Å²) < 4.78 is 0. The molecule has 23 heavy (non-hydrogen) atoms. The second-order valence-corrected chi connectivity index (χ2v) is 6.00. The zero-order valence-corrected chi connectivity index (χ0v) is 13.8. The van der Waals surface area contributed by atoms with Gasteiger partial charge in [-0.15, -0.1) is 0 Å². The van der Waals surface area contributed by atoms with Gasteiger partial charge in [0.05, 0.1) is 11.3 Å². The molecule has 0 saturated carbocycles. The molecule has 6 heteroatoms. The van der Waals surface area contributed by atoms with E-state index in [1.807, 2.05) is 43.0 Å². The molecule has 6 nitrogen and oxygen atoms in total. The van der Waals surface area contributed by atoms with E-state index in [4.69, 9.17) is 0 Å².